The van der Waals surface area contributed by atoms with Crippen molar-refractivity contribution in [3.8, 4) is 0 Å². The summed E-state index contributed by atoms with van der Waals surface area (Å²) >= 11 is 0. The van der Waals surface area contributed by atoms with E-state index in [-0.39, 0.29) is 17.3 Å². The summed E-state index contributed by atoms with van der Waals surface area (Å²) in [6.07, 6.45) is 2.12. The van der Waals surface area contributed by atoms with E-state index in [0.29, 0.717) is 0 Å². The third-order valence-corrected chi connectivity index (χ3v) is 4.14. The third-order valence-electron chi connectivity index (χ3n) is 4.14. The molecule has 0 aliphatic rings. The Morgan fingerprint density at radius 3 is 2.26 bits per heavy atom. The second-order valence-corrected chi connectivity index (χ2v) is 6.31. The molecule has 2 N–H and O–H groups in total. The third kappa shape index (κ3) is 4.20. The molecule has 138 valence electrons. The van der Waals surface area contributed by atoms with Crippen molar-refractivity contribution in [3.63, 3.8) is 0 Å². The summed E-state index contributed by atoms with van der Waals surface area (Å²) in [6, 6.07) is 13.5. The molecule has 7 heteroatoms. The molecule has 0 spiro atoms. The fraction of sp³-hybridized carbons (Fsp3) is 0.200. The largest absolute Gasteiger partial charge is 0.353 e. The minimum Gasteiger partial charge on any atom is -0.334 e. The van der Waals surface area contributed by atoms with Gasteiger partial charge in [-0.1, -0.05) is 31.2 Å². The van der Waals surface area contributed by atoms with E-state index in [4.69, 9.17) is 0 Å². The molecule has 1 aromatic heterocycles. The zero-order valence-electron chi connectivity index (χ0n) is 15.5. The Hall–Kier alpha value is -3.48. The van der Waals surface area contributed by atoms with E-state index in [9.17, 15) is 10.1 Å². The number of anilines is 4. The molecule has 0 fully saturated rings. The van der Waals surface area contributed by atoms with Crippen LogP contribution in [0, 0.1) is 24.0 Å². The SMILES string of the molecule is CCc1ccccc1Nc1ncnc(Nc2cc(C)cc(C)c2)c1[N+](=O)[O-]. The Labute approximate surface area is 157 Å². The standard InChI is InChI=1S/C20H21N5O2/c1-4-15-7-5-6-8-17(15)24-20-18(25(26)27)19(21-12-22-20)23-16-10-13(2)9-14(3)11-16/h5-12H,4H2,1-3H3,(H2,21,22,23,24). The van der Waals surface area contributed by atoms with Crippen LogP contribution in [0.3, 0.4) is 0 Å². The number of nitrogens with one attached hydrogen (secondary N) is 2. The van der Waals surface area contributed by atoms with Crippen molar-refractivity contribution in [1.82, 2.24) is 9.97 Å². The summed E-state index contributed by atoms with van der Waals surface area (Å²) in [7, 11) is 0. The van der Waals surface area contributed by atoms with Gasteiger partial charge in [-0.05, 0) is 55.2 Å². The summed E-state index contributed by atoms with van der Waals surface area (Å²) < 4.78 is 0. The van der Waals surface area contributed by atoms with Crippen molar-refractivity contribution in [2.75, 3.05) is 10.6 Å². The maximum absolute atomic E-state index is 11.8. The molecular formula is C20H21N5O2. The smallest absolute Gasteiger partial charge is 0.334 e. The van der Waals surface area contributed by atoms with E-state index in [2.05, 4.69) is 20.6 Å². The highest BCUT2D eigenvalue weighted by Crippen LogP contribution is 2.34. The van der Waals surface area contributed by atoms with Crippen molar-refractivity contribution in [2.45, 2.75) is 27.2 Å². The minimum atomic E-state index is -0.470. The van der Waals surface area contributed by atoms with Gasteiger partial charge >= 0.3 is 5.69 Å². The Kier molecular flexibility index (Phi) is 5.30. The van der Waals surface area contributed by atoms with Crippen molar-refractivity contribution in [3.05, 3.63) is 75.6 Å². The lowest BCUT2D eigenvalue weighted by molar-refractivity contribution is -0.383. The van der Waals surface area contributed by atoms with Gasteiger partial charge in [0.25, 0.3) is 0 Å². The predicted octanol–water partition coefficient (Wildman–Crippen LogP) is 5.05. The molecule has 0 saturated carbocycles. The molecule has 3 aromatic rings. The Bertz CT molecular complexity index is 968. The van der Waals surface area contributed by atoms with E-state index in [0.717, 1.165) is 34.5 Å². The Morgan fingerprint density at radius 2 is 1.63 bits per heavy atom. The highest BCUT2D eigenvalue weighted by Gasteiger charge is 2.23. The van der Waals surface area contributed by atoms with Gasteiger partial charge in [-0.15, -0.1) is 0 Å². The average molecular weight is 363 g/mol. The van der Waals surface area contributed by atoms with Crippen molar-refractivity contribution >= 4 is 28.7 Å². The first-order chi connectivity index (χ1) is 13.0. The molecule has 0 atom stereocenters. The van der Waals surface area contributed by atoms with Gasteiger partial charge in [0.15, 0.2) is 0 Å². The maximum atomic E-state index is 11.8. The molecule has 27 heavy (non-hydrogen) atoms. The van der Waals surface area contributed by atoms with Crippen molar-refractivity contribution in [1.29, 1.82) is 0 Å². The number of benzene rings is 2. The van der Waals surface area contributed by atoms with Crippen LogP contribution in [0.1, 0.15) is 23.6 Å². The summed E-state index contributed by atoms with van der Waals surface area (Å²) in [5.74, 6) is 0.305. The van der Waals surface area contributed by atoms with Gasteiger partial charge in [-0.3, -0.25) is 10.1 Å². The normalized spacial score (nSPS) is 10.5. The number of hydrogen-bond donors (Lipinski definition) is 2. The number of hydrogen-bond acceptors (Lipinski definition) is 6. The van der Waals surface area contributed by atoms with Crippen molar-refractivity contribution < 1.29 is 4.92 Å². The Balaban J connectivity index is 2.01. The van der Waals surface area contributed by atoms with E-state index in [1.165, 1.54) is 6.33 Å². The molecule has 0 aliphatic heterocycles. The average Bonchev–Trinajstić information content (AvgIpc) is 2.61. The molecule has 1 heterocycles. The van der Waals surface area contributed by atoms with Crippen LogP contribution in [-0.2, 0) is 6.42 Å². The van der Waals surface area contributed by atoms with Crippen LogP contribution >= 0.6 is 0 Å². The van der Waals surface area contributed by atoms with E-state index in [1.54, 1.807) is 0 Å². The molecule has 2 aromatic carbocycles. The summed E-state index contributed by atoms with van der Waals surface area (Å²) in [4.78, 5) is 19.5. The monoisotopic (exact) mass is 363 g/mol. The number of rotatable bonds is 6. The number of aryl methyl sites for hydroxylation is 3. The highest BCUT2D eigenvalue weighted by molar-refractivity contribution is 5.77. The van der Waals surface area contributed by atoms with Crippen LogP contribution in [0.4, 0.5) is 28.7 Å². The van der Waals surface area contributed by atoms with E-state index < -0.39 is 4.92 Å². The van der Waals surface area contributed by atoms with Gasteiger partial charge in [0.1, 0.15) is 6.33 Å². The van der Waals surface area contributed by atoms with Crippen LogP contribution in [0.5, 0.6) is 0 Å². The second kappa shape index (κ2) is 7.82. The first-order valence-corrected chi connectivity index (χ1v) is 8.67. The summed E-state index contributed by atoms with van der Waals surface area (Å²) in [5.41, 5.74) is 4.51. The summed E-state index contributed by atoms with van der Waals surface area (Å²) in [5, 5.41) is 17.9. The molecular weight excluding hydrogens is 342 g/mol. The fourth-order valence-corrected chi connectivity index (χ4v) is 3.00. The van der Waals surface area contributed by atoms with E-state index in [1.807, 2.05) is 63.2 Å². The topological polar surface area (TPSA) is 93.0 Å². The van der Waals surface area contributed by atoms with Crippen molar-refractivity contribution in [2.24, 2.45) is 0 Å². The summed E-state index contributed by atoms with van der Waals surface area (Å²) in [6.45, 7) is 5.98. The zero-order valence-corrected chi connectivity index (χ0v) is 15.5. The fourth-order valence-electron chi connectivity index (χ4n) is 3.00. The zero-order chi connectivity index (χ0) is 19.4. The molecule has 0 aliphatic carbocycles. The van der Waals surface area contributed by atoms with Gasteiger partial charge in [-0.25, -0.2) is 9.97 Å². The molecule has 0 amide bonds. The molecule has 0 unspecified atom stereocenters. The van der Waals surface area contributed by atoms with Gasteiger partial charge in [-0.2, -0.15) is 0 Å². The second-order valence-electron chi connectivity index (χ2n) is 6.31. The number of para-hydroxylation sites is 1. The van der Waals surface area contributed by atoms with Gasteiger partial charge in [0, 0.05) is 11.4 Å². The maximum Gasteiger partial charge on any atom is 0.353 e. The first kappa shape index (κ1) is 18.3. The molecule has 0 saturated heterocycles. The van der Waals surface area contributed by atoms with Crippen LogP contribution in [-0.4, -0.2) is 14.9 Å². The van der Waals surface area contributed by atoms with Crippen LogP contribution < -0.4 is 10.6 Å². The molecule has 3 rings (SSSR count). The van der Waals surface area contributed by atoms with Crippen LogP contribution in [0.25, 0.3) is 0 Å². The molecule has 0 radical (unpaired) electrons. The lowest BCUT2D eigenvalue weighted by Gasteiger charge is -2.13. The van der Waals surface area contributed by atoms with Gasteiger partial charge in [0.2, 0.25) is 11.6 Å². The molecule has 0 bridgehead atoms. The lowest BCUT2D eigenvalue weighted by atomic mass is 10.1. The van der Waals surface area contributed by atoms with Gasteiger partial charge < -0.3 is 10.6 Å². The number of nitro groups is 1. The first-order valence-electron chi connectivity index (χ1n) is 8.67. The van der Waals surface area contributed by atoms with Crippen LogP contribution in [0.15, 0.2) is 48.8 Å². The minimum absolute atomic E-state index is 0.150. The Morgan fingerprint density at radius 1 is 1.00 bits per heavy atom. The number of aromatic nitrogens is 2. The highest BCUT2D eigenvalue weighted by atomic mass is 16.6. The predicted molar refractivity (Wildman–Crippen MR) is 107 cm³/mol. The lowest BCUT2D eigenvalue weighted by Crippen LogP contribution is -2.06. The van der Waals surface area contributed by atoms with Crippen LogP contribution in [0.2, 0.25) is 0 Å². The molecule has 7 nitrogen and oxygen atoms in total. The van der Waals surface area contributed by atoms with Gasteiger partial charge in [0.05, 0.1) is 4.92 Å². The number of nitrogens with zero attached hydrogens (tertiary/aromatic N) is 3. The van der Waals surface area contributed by atoms with E-state index >= 15 is 0 Å². The quantitative estimate of drug-likeness (QED) is 0.470.